The van der Waals surface area contributed by atoms with E-state index >= 15 is 0 Å². The normalized spacial score (nSPS) is 20.0. The standard InChI is InChI=1S/C13H13F3O2/c1-2-18-11-4-3-9(5-10(11)14)12(8-17)6-13(15,16)7-12/h3-5,8H,2,6-7H2,1H3. The Kier molecular flexibility index (Phi) is 3.09. The van der Waals surface area contributed by atoms with Crippen molar-refractivity contribution in [3.05, 3.63) is 29.6 Å². The SMILES string of the molecule is CCOc1ccc(C2(C=O)CC(F)(F)C2)cc1F. The van der Waals surface area contributed by atoms with Crippen molar-refractivity contribution in [1.82, 2.24) is 0 Å². The van der Waals surface area contributed by atoms with E-state index in [4.69, 9.17) is 4.74 Å². The minimum atomic E-state index is -2.84. The number of rotatable bonds is 4. The Morgan fingerprint density at radius 3 is 2.50 bits per heavy atom. The van der Waals surface area contributed by atoms with Gasteiger partial charge in [0.15, 0.2) is 11.6 Å². The summed E-state index contributed by atoms with van der Waals surface area (Å²) in [6.07, 6.45) is -0.632. The average Bonchev–Trinajstić information content (AvgIpc) is 2.28. The Balaban J connectivity index is 2.29. The molecule has 5 heteroatoms. The summed E-state index contributed by atoms with van der Waals surface area (Å²) in [5.41, 5.74) is -0.973. The molecule has 0 saturated heterocycles. The molecule has 2 rings (SSSR count). The molecule has 98 valence electrons. The Hall–Kier alpha value is -1.52. The van der Waals surface area contributed by atoms with Crippen LogP contribution in [0.4, 0.5) is 13.2 Å². The molecule has 0 aliphatic heterocycles. The first-order valence-corrected chi connectivity index (χ1v) is 5.69. The second-order valence-electron chi connectivity index (χ2n) is 4.56. The lowest BCUT2D eigenvalue weighted by molar-refractivity contribution is -0.146. The molecule has 1 aliphatic rings. The minimum Gasteiger partial charge on any atom is -0.491 e. The number of halogens is 3. The Morgan fingerprint density at radius 2 is 2.06 bits per heavy atom. The number of carbonyl (C=O) groups is 1. The number of carbonyl (C=O) groups excluding carboxylic acids is 1. The molecule has 0 aromatic heterocycles. The minimum absolute atomic E-state index is 0.0633. The molecule has 2 nitrogen and oxygen atoms in total. The highest BCUT2D eigenvalue weighted by Gasteiger charge is 2.57. The van der Waals surface area contributed by atoms with Gasteiger partial charge in [-0.3, -0.25) is 0 Å². The van der Waals surface area contributed by atoms with Crippen LogP contribution in [0.3, 0.4) is 0 Å². The topological polar surface area (TPSA) is 26.3 Å². The van der Waals surface area contributed by atoms with Crippen LogP contribution in [0.25, 0.3) is 0 Å². The average molecular weight is 258 g/mol. The zero-order valence-electron chi connectivity index (χ0n) is 9.88. The zero-order valence-corrected chi connectivity index (χ0v) is 9.88. The van der Waals surface area contributed by atoms with Crippen LogP contribution in [0, 0.1) is 5.82 Å². The third-order valence-corrected chi connectivity index (χ3v) is 3.18. The van der Waals surface area contributed by atoms with E-state index in [1.54, 1.807) is 6.92 Å². The highest BCUT2D eigenvalue weighted by molar-refractivity contribution is 5.71. The molecule has 18 heavy (non-hydrogen) atoms. The first kappa shape index (κ1) is 12.9. The zero-order chi connectivity index (χ0) is 13.4. The van der Waals surface area contributed by atoms with E-state index in [2.05, 4.69) is 0 Å². The number of benzene rings is 1. The monoisotopic (exact) mass is 258 g/mol. The Bertz CT molecular complexity index is 463. The lowest BCUT2D eigenvalue weighted by Crippen LogP contribution is -2.50. The molecule has 1 saturated carbocycles. The summed E-state index contributed by atoms with van der Waals surface area (Å²) in [5.74, 6) is -3.41. The van der Waals surface area contributed by atoms with E-state index in [9.17, 15) is 18.0 Å². The fourth-order valence-corrected chi connectivity index (χ4v) is 2.31. The van der Waals surface area contributed by atoms with Crippen molar-refractivity contribution in [3.63, 3.8) is 0 Å². The van der Waals surface area contributed by atoms with Gasteiger partial charge in [0.1, 0.15) is 6.29 Å². The molecule has 0 heterocycles. The summed E-state index contributed by atoms with van der Waals surface area (Å²) < 4.78 is 44.5. The molecule has 1 fully saturated rings. The third-order valence-electron chi connectivity index (χ3n) is 3.18. The smallest absolute Gasteiger partial charge is 0.250 e. The van der Waals surface area contributed by atoms with Crippen molar-refractivity contribution in [2.75, 3.05) is 6.61 Å². The van der Waals surface area contributed by atoms with Gasteiger partial charge in [0.2, 0.25) is 0 Å². The molecular formula is C13H13F3O2. The Labute approximate surface area is 103 Å². The Morgan fingerprint density at radius 1 is 1.39 bits per heavy atom. The number of alkyl halides is 2. The summed E-state index contributed by atoms with van der Waals surface area (Å²) in [6, 6.07) is 3.95. The van der Waals surface area contributed by atoms with Crippen molar-refractivity contribution in [1.29, 1.82) is 0 Å². The summed E-state index contributed by atoms with van der Waals surface area (Å²) in [4.78, 5) is 11.0. The number of hydrogen-bond acceptors (Lipinski definition) is 2. The number of ether oxygens (including phenoxy) is 1. The van der Waals surface area contributed by atoms with Gasteiger partial charge in [0.05, 0.1) is 12.0 Å². The molecule has 0 bridgehead atoms. The molecule has 0 amide bonds. The van der Waals surface area contributed by atoms with E-state index in [1.807, 2.05) is 0 Å². The predicted octanol–water partition coefficient (Wildman–Crippen LogP) is 3.09. The molecular weight excluding hydrogens is 245 g/mol. The highest BCUT2D eigenvalue weighted by atomic mass is 19.3. The molecule has 0 spiro atoms. The van der Waals surface area contributed by atoms with Gasteiger partial charge in [-0.25, -0.2) is 13.2 Å². The lowest BCUT2D eigenvalue weighted by Gasteiger charge is -2.43. The van der Waals surface area contributed by atoms with Crippen LogP contribution in [-0.2, 0) is 10.2 Å². The van der Waals surface area contributed by atoms with Gasteiger partial charge in [-0.1, -0.05) is 6.07 Å². The maximum Gasteiger partial charge on any atom is 0.250 e. The van der Waals surface area contributed by atoms with Crippen LogP contribution < -0.4 is 4.74 Å². The van der Waals surface area contributed by atoms with Crippen molar-refractivity contribution >= 4 is 6.29 Å². The first-order valence-electron chi connectivity index (χ1n) is 5.69. The fourth-order valence-electron chi connectivity index (χ4n) is 2.31. The van der Waals surface area contributed by atoms with Crippen LogP contribution in [0.1, 0.15) is 25.3 Å². The molecule has 1 aromatic carbocycles. The van der Waals surface area contributed by atoms with Gasteiger partial charge in [-0.2, -0.15) is 0 Å². The third kappa shape index (κ3) is 2.09. The number of hydrogen-bond donors (Lipinski definition) is 0. The van der Waals surface area contributed by atoms with Crippen LogP contribution in [-0.4, -0.2) is 18.8 Å². The van der Waals surface area contributed by atoms with Crippen molar-refractivity contribution < 1.29 is 22.7 Å². The molecule has 1 aliphatic carbocycles. The summed E-state index contributed by atoms with van der Waals surface area (Å²) in [6.45, 7) is 2.03. The molecule has 0 unspecified atom stereocenters. The highest BCUT2D eigenvalue weighted by Crippen LogP contribution is 2.52. The quantitative estimate of drug-likeness (QED) is 0.776. The van der Waals surface area contributed by atoms with Gasteiger partial charge in [-0.15, -0.1) is 0 Å². The van der Waals surface area contributed by atoms with E-state index in [0.717, 1.165) is 6.07 Å². The van der Waals surface area contributed by atoms with E-state index in [0.29, 0.717) is 12.9 Å². The van der Waals surface area contributed by atoms with Gasteiger partial charge in [-0.05, 0) is 24.6 Å². The van der Waals surface area contributed by atoms with Crippen molar-refractivity contribution in [2.24, 2.45) is 0 Å². The molecule has 1 aromatic rings. The summed E-state index contributed by atoms with van der Waals surface area (Å²) in [7, 11) is 0. The number of aldehydes is 1. The second-order valence-corrected chi connectivity index (χ2v) is 4.56. The van der Waals surface area contributed by atoms with Crippen molar-refractivity contribution in [3.8, 4) is 5.75 Å². The van der Waals surface area contributed by atoms with Gasteiger partial charge in [0.25, 0.3) is 5.92 Å². The summed E-state index contributed by atoms with van der Waals surface area (Å²) in [5, 5.41) is 0. The maximum atomic E-state index is 13.6. The van der Waals surface area contributed by atoms with Gasteiger partial charge in [0, 0.05) is 12.8 Å². The van der Waals surface area contributed by atoms with Gasteiger partial charge < -0.3 is 9.53 Å². The molecule has 0 atom stereocenters. The van der Waals surface area contributed by atoms with Crippen LogP contribution in [0.2, 0.25) is 0 Å². The van der Waals surface area contributed by atoms with E-state index in [-0.39, 0.29) is 11.3 Å². The first-order chi connectivity index (χ1) is 8.42. The summed E-state index contributed by atoms with van der Waals surface area (Å²) >= 11 is 0. The second kappa shape index (κ2) is 4.30. The van der Waals surface area contributed by atoms with Gasteiger partial charge >= 0.3 is 0 Å². The molecule has 0 N–H and O–H groups in total. The van der Waals surface area contributed by atoms with E-state index in [1.165, 1.54) is 12.1 Å². The lowest BCUT2D eigenvalue weighted by atomic mass is 9.63. The van der Waals surface area contributed by atoms with E-state index < -0.39 is 30.0 Å². The largest absolute Gasteiger partial charge is 0.491 e. The van der Waals surface area contributed by atoms with Crippen LogP contribution in [0.15, 0.2) is 18.2 Å². The maximum absolute atomic E-state index is 13.6. The van der Waals surface area contributed by atoms with Crippen molar-refractivity contribution in [2.45, 2.75) is 31.1 Å². The molecule has 0 radical (unpaired) electrons. The fraction of sp³-hybridized carbons (Fsp3) is 0.462. The predicted molar refractivity (Wildman–Crippen MR) is 59.5 cm³/mol. The van der Waals surface area contributed by atoms with Crippen LogP contribution >= 0.6 is 0 Å². The van der Waals surface area contributed by atoms with Crippen LogP contribution in [0.5, 0.6) is 5.75 Å².